The third-order valence-corrected chi connectivity index (χ3v) is 4.80. The monoisotopic (exact) mass is 477 g/mol. The topological polar surface area (TPSA) is 169 Å². The Morgan fingerprint density at radius 2 is 1.76 bits per heavy atom. The van der Waals surface area contributed by atoms with Crippen LogP contribution < -0.4 is 11.1 Å². The number of nitrogens with zero attached hydrogens (tertiary/aromatic N) is 1. The average Bonchev–Trinajstić information content (AvgIpc) is 2.79. The Morgan fingerprint density at radius 1 is 1.06 bits per heavy atom. The van der Waals surface area contributed by atoms with Crippen molar-refractivity contribution >= 4 is 23.7 Å². The second-order valence-electron chi connectivity index (χ2n) is 7.00. The van der Waals surface area contributed by atoms with Gasteiger partial charge in [-0.25, -0.2) is 14.4 Å². The minimum absolute atomic E-state index is 0.0186. The minimum atomic E-state index is -1.11. The lowest BCUT2D eigenvalue weighted by molar-refractivity contribution is -0.384. The number of nitrogens with one attached hydrogen (secondary N) is 1. The van der Waals surface area contributed by atoms with E-state index in [4.69, 9.17) is 24.7 Å². The summed E-state index contributed by atoms with van der Waals surface area (Å²) < 4.78 is 20.6. The second kappa shape index (κ2) is 12.3. The summed E-state index contributed by atoms with van der Waals surface area (Å²) in [7, 11) is 0. The Balaban J connectivity index is 2.64. The fourth-order valence-corrected chi connectivity index (χ4v) is 3.44. The summed E-state index contributed by atoms with van der Waals surface area (Å²) in [6, 6.07) is 5.51. The predicted molar refractivity (Wildman–Crippen MR) is 118 cm³/mol. The van der Waals surface area contributed by atoms with Gasteiger partial charge in [0.1, 0.15) is 13.2 Å². The van der Waals surface area contributed by atoms with Crippen molar-refractivity contribution in [1.82, 2.24) is 5.32 Å². The van der Waals surface area contributed by atoms with Gasteiger partial charge in [-0.3, -0.25) is 10.1 Å². The van der Waals surface area contributed by atoms with Gasteiger partial charge in [-0.15, -0.1) is 0 Å². The van der Waals surface area contributed by atoms with Crippen LogP contribution in [0.5, 0.6) is 0 Å². The predicted octanol–water partition coefficient (Wildman–Crippen LogP) is 2.05. The zero-order valence-electron chi connectivity index (χ0n) is 19.1. The van der Waals surface area contributed by atoms with Gasteiger partial charge in [-0.1, -0.05) is 12.1 Å². The molecule has 0 saturated heterocycles. The highest BCUT2D eigenvalue weighted by atomic mass is 16.6. The van der Waals surface area contributed by atoms with E-state index in [1.54, 1.807) is 20.8 Å². The minimum Gasteiger partial charge on any atom is -0.463 e. The number of dihydropyridines is 1. The Morgan fingerprint density at radius 3 is 2.38 bits per heavy atom. The van der Waals surface area contributed by atoms with Crippen LogP contribution >= 0.6 is 0 Å². The number of hydrogen-bond acceptors (Lipinski definition) is 10. The molecule has 0 spiro atoms. The molecule has 1 unspecified atom stereocenters. The Hall–Kier alpha value is -3.93. The van der Waals surface area contributed by atoms with Gasteiger partial charge < -0.3 is 30.0 Å². The maximum atomic E-state index is 13.1. The molecule has 1 aliphatic rings. The number of benzene rings is 1. The number of non-ortho nitro benzene ring substituents is 1. The third-order valence-electron chi connectivity index (χ3n) is 4.80. The van der Waals surface area contributed by atoms with Gasteiger partial charge in [0.25, 0.3) is 5.69 Å². The summed E-state index contributed by atoms with van der Waals surface area (Å²) in [4.78, 5) is 48.1. The highest BCUT2D eigenvalue weighted by Gasteiger charge is 2.39. The molecule has 34 heavy (non-hydrogen) atoms. The summed E-state index contributed by atoms with van der Waals surface area (Å²) >= 11 is 0. The maximum Gasteiger partial charge on any atom is 0.404 e. The van der Waals surface area contributed by atoms with Crippen LogP contribution in [0.15, 0.2) is 46.8 Å². The lowest BCUT2D eigenvalue weighted by Crippen LogP contribution is -2.35. The van der Waals surface area contributed by atoms with Crippen molar-refractivity contribution in [2.45, 2.75) is 26.7 Å². The van der Waals surface area contributed by atoms with Crippen molar-refractivity contribution in [3.05, 3.63) is 62.5 Å². The molecular formula is C22H27N3O9. The quantitative estimate of drug-likeness (QED) is 0.158. The van der Waals surface area contributed by atoms with Crippen LogP contribution in [0.3, 0.4) is 0 Å². The fraction of sp³-hybridized carbons (Fsp3) is 0.409. The third kappa shape index (κ3) is 6.54. The smallest absolute Gasteiger partial charge is 0.404 e. The number of nitro benzene ring substituents is 1. The van der Waals surface area contributed by atoms with Crippen LogP contribution in [-0.2, 0) is 28.5 Å². The molecule has 12 nitrogen and oxygen atoms in total. The largest absolute Gasteiger partial charge is 0.463 e. The van der Waals surface area contributed by atoms with Crippen molar-refractivity contribution in [2.24, 2.45) is 5.73 Å². The standard InChI is InChI=1S/C22H27N3O9/c1-4-31-9-10-33-20(26)17-13(3)24-16(12-34-22(23)28)19(21(27)32-5-2)18(17)14-7-6-8-15(11-14)25(29)30/h6-8,11,18,24H,4-5,9-10,12H2,1-3H3,(H2,23,28). The van der Waals surface area contributed by atoms with Gasteiger partial charge in [0.2, 0.25) is 0 Å². The number of esters is 2. The van der Waals surface area contributed by atoms with E-state index in [1.807, 2.05) is 0 Å². The van der Waals surface area contributed by atoms with Crippen molar-refractivity contribution in [1.29, 1.82) is 0 Å². The molecule has 1 heterocycles. The van der Waals surface area contributed by atoms with Crippen LogP contribution in [0.4, 0.5) is 10.5 Å². The lowest BCUT2D eigenvalue weighted by atomic mass is 9.80. The summed E-state index contributed by atoms with van der Waals surface area (Å²) in [5.74, 6) is -2.66. The fourth-order valence-electron chi connectivity index (χ4n) is 3.44. The van der Waals surface area contributed by atoms with E-state index in [1.165, 1.54) is 24.3 Å². The van der Waals surface area contributed by atoms with Gasteiger partial charge in [-0.2, -0.15) is 0 Å². The van der Waals surface area contributed by atoms with Gasteiger partial charge in [0.15, 0.2) is 0 Å². The second-order valence-corrected chi connectivity index (χ2v) is 7.00. The molecule has 0 saturated carbocycles. The SMILES string of the molecule is CCOCCOC(=O)C1=C(C)NC(COC(N)=O)=C(C(=O)OCC)C1c1cccc([N+](=O)[O-])c1. The molecule has 0 radical (unpaired) electrons. The Labute approximate surface area is 195 Å². The number of carbonyl (C=O) groups excluding carboxylic acids is 3. The van der Waals surface area contributed by atoms with E-state index in [0.29, 0.717) is 12.3 Å². The highest BCUT2D eigenvalue weighted by Crippen LogP contribution is 2.40. The number of amides is 1. The van der Waals surface area contributed by atoms with Gasteiger partial charge in [0.05, 0.1) is 40.9 Å². The number of ether oxygens (including phenoxy) is 4. The van der Waals surface area contributed by atoms with Crippen LogP contribution in [0, 0.1) is 10.1 Å². The molecule has 12 heteroatoms. The van der Waals surface area contributed by atoms with Crippen molar-refractivity contribution in [2.75, 3.05) is 33.0 Å². The molecular weight excluding hydrogens is 450 g/mol. The molecule has 0 aliphatic carbocycles. The number of allylic oxidation sites excluding steroid dienone is 1. The first-order chi connectivity index (χ1) is 16.2. The maximum absolute atomic E-state index is 13.1. The number of hydrogen-bond donors (Lipinski definition) is 2. The Bertz CT molecular complexity index is 1020. The number of primary amides is 1. The van der Waals surface area contributed by atoms with Gasteiger partial charge in [0, 0.05) is 24.4 Å². The molecule has 2 rings (SSSR count). The molecule has 0 aromatic heterocycles. The summed E-state index contributed by atoms with van der Waals surface area (Å²) in [6.45, 7) is 5.13. The normalized spacial score (nSPS) is 15.4. The van der Waals surface area contributed by atoms with Crippen LogP contribution in [0.25, 0.3) is 0 Å². The average molecular weight is 477 g/mol. The molecule has 1 aromatic carbocycles. The first-order valence-corrected chi connectivity index (χ1v) is 10.5. The molecule has 1 atom stereocenters. The number of carbonyl (C=O) groups is 3. The van der Waals surface area contributed by atoms with Crippen molar-refractivity contribution < 1.29 is 38.3 Å². The summed E-state index contributed by atoms with van der Waals surface area (Å²) in [5.41, 5.74) is 5.51. The van der Waals surface area contributed by atoms with Crippen molar-refractivity contribution in [3.63, 3.8) is 0 Å². The molecule has 0 fully saturated rings. The molecule has 0 bridgehead atoms. The highest BCUT2D eigenvalue weighted by molar-refractivity contribution is 6.00. The van der Waals surface area contributed by atoms with Gasteiger partial charge in [-0.05, 0) is 26.3 Å². The molecule has 1 aromatic rings. The number of nitrogens with two attached hydrogens (primary N) is 1. The molecule has 1 aliphatic heterocycles. The number of nitro groups is 1. The van der Waals surface area contributed by atoms with Gasteiger partial charge >= 0.3 is 18.0 Å². The van der Waals surface area contributed by atoms with E-state index in [0.717, 1.165) is 0 Å². The number of rotatable bonds is 11. The first kappa shape index (κ1) is 26.3. The van der Waals surface area contributed by atoms with Crippen LogP contribution in [0.1, 0.15) is 32.3 Å². The van der Waals surface area contributed by atoms with E-state index < -0.39 is 35.5 Å². The summed E-state index contributed by atoms with van der Waals surface area (Å²) in [5, 5.41) is 14.3. The first-order valence-electron chi connectivity index (χ1n) is 10.5. The van der Waals surface area contributed by atoms with E-state index >= 15 is 0 Å². The molecule has 1 amide bonds. The molecule has 3 N–H and O–H groups in total. The van der Waals surface area contributed by atoms with Crippen LogP contribution in [0.2, 0.25) is 0 Å². The lowest BCUT2D eigenvalue weighted by Gasteiger charge is -2.31. The molecule has 184 valence electrons. The zero-order valence-corrected chi connectivity index (χ0v) is 19.1. The Kier molecular flexibility index (Phi) is 9.56. The van der Waals surface area contributed by atoms with Crippen molar-refractivity contribution in [3.8, 4) is 0 Å². The zero-order chi connectivity index (χ0) is 25.3. The summed E-state index contributed by atoms with van der Waals surface area (Å²) in [6.07, 6.45) is -1.08. The van der Waals surface area contributed by atoms with Crippen LogP contribution in [-0.4, -0.2) is 56.0 Å². The van der Waals surface area contributed by atoms with E-state index in [-0.39, 0.29) is 47.9 Å². The van der Waals surface area contributed by atoms with E-state index in [9.17, 15) is 24.5 Å². The van der Waals surface area contributed by atoms with E-state index in [2.05, 4.69) is 5.32 Å².